The van der Waals surface area contributed by atoms with Gasteiger partial charge in [-0.25, -0.2) is 10.2 Å². The molecule has 194 valence electrons. The van der Waals surface area contributed by atoms with Gasteiger partial charge in [0.25, 0.3) is 5.91 Å². The third-order valence-corrected chi connectivity index (χ3v) is 5.55. The number of nitrogens with zero attached hydrogens (tertiary/aromatic N) is 4. The van der Waals surface area contributed by atoms with Gasteiger partial charge in [0.2, 0.25) is 5.76 Å². The predicted octanol–water partition coefficient (Wildman–Crippen LogP) is 4.17. The molecule has 0 spiro atoms. The van der Waals surface area contributed by atoms with Crippen molar-refractivity contribution >= 4 is 23.4 Å². The van der Waals surface area contributed by atoms with Crippen LogP contribution in [0.3, 0.4) is 0 Å². The summed E-state index contributed by atoms with van der Waals surface area (Å²) in [6.45, 7) is 3.91. The summed E-state index contributed by atoms with van der Waals surface area (Å²) in [5.74, 6) is -0.949. The number of carbonyl (C=O) groups is 2. The molecule has 4 rings (SSSR count). The van der Waals surface area contributed by atoms with Crippen LogP contribution in [0.1, 0.15) is 50.4 Å². The molecule has 12 nitrogen and oxygen atoms in total. The average molecular weight is 517 g/mol. The minimum absolute atomic E-state index is 0.0794. The van der Waals surface area contributed by atoms with Crippen LogP contribution in [-0.4, -0.2) is 37.4 Å². The van der Waals surface area contributed by atoms with Gasteiger partial charge in [0.1, 0.15) is 18.1 Å². The topological polar surface area (TPSA) is 162 Å². The van der Waals surface area contributed by atoms with Gasteiger partial charge in [-0.3, -0.25) is 4.79 Å². The van der Waals surface area contributed by atoms with Gasteiger partial charge in [-0.2, -0.15) is 9.78 Å². The van der Waals surface area contributed by atoms with Gasteiger partial charge in [0.05, 0.1) is 29.1 Å². The molecule has 2 N–H and O–H groups in total. The number of hydrazone groups is 1. The van der Waals surface area contributed by atoms with Crippen LogP contribution in [0.5, 0.6) is 5.75 Å². The number of amides is 1. The maximum Gasteiger partial charge on any atom is 0.390 e. The van der Waals surface area contributed by atoms with E-state index >= 15 is 0 Å². The number of carboxylic acids is 1. The summed E-state index contributed by atoms with van der Waals surface area (Å²) in [4.78, 5) is 33.8. The summed E-state index contributed by atoms with van der Waals surface area (Å²) in [6.07, 6.45) is 0. The minimum atomic E-state index is -1.14. The standard InChI is InChI=1S/C26H23N5O7/c1-16-13-24(31(35)36)29-30(16)14-18-3-5-20(6-4-18)25(32)28-27-17(2)19-7-9-21(10-8-19)37-15-22-11-12-23(38-22)26(33)34/h3-13H,14-15H2,1-2H3,(H,28,32)(H,33,34). The van der Waals surface area contributed by atoms with Gasteiger partial charge < -0.3 is 24.4 Å². The lowest BCUT2D eigenvalue weighted by Gasteiger charge is -2.07. The fraction of sp³-hybridized carbons (Fsp3) is 0.154. The number of benzene rings is 2. The Bertz CT molecular complexity index is 1500. The number of hydrogen-bond acceptors (Lipinski definition) is 8. The van der Waals surface area contributed by atoms with Crippen molar-refractivity contribution in [3.8, 4) is 5.75 Å². The normalized spacial score (nSPS) is 11.3. The zero-order valence-electron chi connectivity index (χ0n) is 20.5. The van der Waals surface area contributed by atoms with Crippen molar-refractivity contribution in [1.82, 2.24) is 15.2 Å². The van der Waals surface area contributed by atoms with Gasteiger partial charge in [-0.05, 0) is 78.4 Å². The van der Waals surface area contributed by atoms with Crippen molar-refractivity contribution in [2.75, 3.05) is 0 Å². The molecule has 0 saturated heterocycles. The first-order chi connectivity index (χ1) is 18.2. The van der Waals surface area contributed by atoms with Crippen LogP contribution in [0, 0.1) is 17.0 Å². The van der Waals surface area contributed by atoms with Crippen molar-refractivity contribution in [3.63, 3.8) is 0 Å². The minimum Gasteiger partial charge on any atom is -0.486 e. The van der Waals surface area contributed by atoms with Gasteiger partial charge in [-0.15, -0.1) is 0 Å². The molecule has 2 heterocycles. The molecule has 0 unspecified atom stereocenters. The SMILES string of the molecule is CC(=NNC(=O)c1ccc(Cn2nc([N+](=O)[O-])cc2C)cc1)c1ccc(OCc2ccc(C(=O)O)o2)cc1. The third-order valence-electron chi connectivity index (χ3n) is 5.55. The van der Waals surface area contributed by atoms with E-state index in [0.29, 0.717) is 35.0 Å². The maximum atomic E-state index is 12.5. The van der Waals surface area contributed by atoms with E-state index in [1.165, 1.54) is 16.8 Å². The first kappa shape index (κ1) is 25.8. The molecule has 0 aliphatic heterocycles. The Labute approximate surface area is 216 Å². The summed E-state index contributed by atoms with van der Waals surface area (Å²) in [6, 6.07) is 18.1. The van der Waals surface area contributed by atoms with E-state index in [2.05, 4.69) is 15.6 Å². The molecule has 0 atom stereocenters. The lowest BCUT2D eigenvalue weighted by molar-refractivity contribution is -0.389. The molecule has 0 fully saturated rings. The van der Waals surface area contributed by atoms with E-state index in [1.807, 2.05) is 0 Å². The lowest BCUT2D eigenvalue weighted by atomic mass is 10.1. The Morgan fingerprint density at radius 3 is 2.39 bits per heavy atom. The first-order valence-electron chi connectivity index (χ1n) is 11.4. The average Bonchev–Trinajstić information content (AvgIpc) is 3.54. The molecule has 0 aliphatic rings. The van der Waals surface area contributed by atoms with Crippen molar-refractivity contribution < 1.29 is 28.8 Å². The molecule has 1 amide bonds. The monoisotopic (exact) mass is 517 g/mol. The number of aryl methyl sites for hydroxylation is 1. The molecule has 0 radical (unpaired) electrons. The molecular weight excluding hydrogens is 494 g/mol. The van der Waals surface area contributed by atoms with E-state index in [9.17, 15) is 19.7 Å². The second-order valence-electron chi connectivity index (χ2n) is 8.28. The quantitative estimate of drug-likeness (QED) is 0.180. The summed E-state index contributed by atoms with van der Waals surface area (Å²) in [7, 11) is 0. The highest BCUT2D eigenvalue weighted by atomic mass is 16.6. The van der Waals surface area contributed by atoms with Crippen LogP contribution in [-0.2, 0) is 13.2 Å². The lowest BCUT2D eigenvalue weighted by Crippen LogP contribution is -2.19. The van der Waals surface area contributed by atoms with E-state index in [1.54, 1.807) is 68.4 Å². The van der Waals surface area contributed by atoms with E-state index < -0.39 is 10.9 Å². The number of ether oxygens (including phenoxy) is 1. The zero-order valence-corrected chi connectivity index (χ0v) is 20.5. The predicted molar refractivity (Wildman–Crippen MR) is 135 cm³/mol. The highest BCUT2D eigenvalue weighted by Gasteiger charge is 2.16. The fourth-order valence-corrected chi connectivity index (χ4v) is 3.46. The number of nitro groups is 1. The van der Waals surface area contributed by atoms with Crippen LogP contribution in [0.4, 0.5) is 5.82 Å². The van der Waals surface area contributed by atoms with E-state index in [-0.39, 0.29) is 24.1 Å². The Hall–Kier alpha value is -5.26. The summed E-state index contributed by atoms with van der Waals surface area (Å²) in [5, 5.41) is 27.9. The van der Waals surface area contributed by atoms with Crippen LogP contribution >= 0.6 is 0 Å². The molecule has 38 heavy (non-hydrogen) atoms. The maximum absolute atomic E-state index is 12.5. The summed E-state index contributed by atoms with van der Waals surface area (Å²) < 4.78 is 12.3. The van der Waals surface area contributed by atoms with Crippen LogP contribution in [0.15, 0.2) is 76.2 Å². The van der Waals surface area contributed by atoms with Gasteiger partial charge in [0, 0.05) is 5.56 Å². The zero-order chi connectivity index (χ0) is 27.2. The number of rotatable bonds is 10. The van der Waals surface area contributed by atoms with Crippen LogP contribution in [0.25, 0.3) is 0 Å². The third kappa shape index (κ3) is 6.29. The molecule has 2 aromatic heterocycles. The number of hydrogen-bond donors (Lipinski definition) is 2. The number of carboxylic acid groups (broad SMARTS) is 1. The first-order valence-corrected chi connectivity index (χ1v) is 11.4. The number of carbonyl (C=O) groups excluding carboxylic acids is 1. The molecule has 12 heteroatoms. The second kappa shape index (κ2) is 11.2. The molecule has 2 aromatic carbocycles. The van der Waals surface area contributed by atoms with Gasteiger partial charge in [-0.1, -0.05) is 12.1 Å². The van der Waals surface area contributed by atoms with Crippen molar-refractivity contribution in [3.05, 3.63) is 111 Å². The molecular formula is C26H23N5O7. The summed E-state index contributed by atoms with van der Waals surface area (Å²) in [5.41, 5.74) is 5.77. The van der Waals surface area contributed by atoms with Gasteiger partial charge in [0.15, 0.2) is 0 Å². The van der Waals surface area contributed by atoms with Crippen LogP contribution < -0.4 is 10.2 Å². The van der Waals surface area contributed by atoms with E-state index in [0.717, 1.165) is 11.1 Å². The van der Waals surface area contributed by atoms with Crippen molar-refractivity contribution in [1.29, 1.82) is 0 Å². The molecule has 0 saturated carbocycles. The Morgan fingerprint density at radius 2 is 1.79 bits per heavy atom. The molecule has 0 bridgehead atoms. The summed E-state index contributed by atoms with van der Waals surface area (Å²) >= 11 is 0. The number of aromatic carboxylic acids is 1. The fourth-order valence-electron chi connectivity index (χ4n) is 3.46. The highest BCUT2D eigenvalue weighted by molar-refractivity contribution is 6.00. The second-order valence-corrected chi connectivity index (χ2v) is 8.28. The molecule has 4 aromatic rings. The number of aromatic nitrogens is 2. The van der Waals surface area contributed by atoms with Crippen molar-refractivity contribution in [2.24, 2.45) is 5.10 Å². The Kier molecular flexibility index (Phi) is 7.61. The smallest absolute Gasteiger partial charge is 0.390 e. The Balaban J connectivity index is 1.31. The van der Waals surface area contributed by atoms with Crippen LogP contribution in [0.2, 0.25) is 0 Å². The van der Waals surface area contributed by atoms with Gasteiger partial charge >= 0.3 is 11.8 Å². The van der Waals surface area contributed by atoms with E-state index in [4.69, 9.17) is 14.3 Å². The Morgan fingerprint density at radius 1 is 1.11 bits per heavy atom. The number of furan rings is 1. The highest BCUT2D eigenvalue weighted by Crippen LogP contribution is 2.17. The molecule has 0 aliphatic carbocycles. The number of nitrogens with one attached hydrogen (secondary N) is 1. The van der Waals surface area contributed by atoms with Crippen molar-refractivity contribution in [2.45, 2.75) is 27.0 Å². The largest absolute Gasteiger partial charge is 0.486 e.